The predicted octanol–water partition coefficient (Wildman–Crippen LogP) is 4.41. The van der Waals surface area contributed by atoms with Crippen molar-refractivity contribution in [1.29, 1.82) is 0 Å². The fraction of sp³-hybridized carbons (Fsp3) is 0.611. The van der Waals surface area contributed by atoms with Crippen LogP contribution in [0.4, 0.5) is 0 Å². The van der Waals surface area contributed by atoms with Gasteiger partial charge in [0.25, 0.3) is 0 Å². The van der Waals surface area contributed by atoms with E-state index in [1.165, 1.54) is 5.56 Å². The Morgan fingerprint density at radius 1 is 1.09 bits per heavy atom. The highest BCUT2D eigenvalue weighted by molar-refractivity contribution is 9.10. The number of carbonyl (C=O) groups excluding carboxylic acids is 1. The molecule has 0 saturated carbocycles. The highest BCUT2D eigenvalue weighted by Gasteiger charge is 2.44. The van der Waals surface area contributed by atoms with Crippen LogP contribution in [0.25, 0.3) is 0 Å². The molecule has 0 atom stereocenters. The van der Waals surface area contributed by atoms with Crippen LogP contribution in [-0.2, 0) is 25.1 Å². The maximum Gasteiger partial charge on any atom is 0.184 e. The first kappa shape index (κ1) is 16.2. The highest BCUT2D eigenvalue weighted by Crippen LogP contribution is 2.46. The van der Waals surface area contributed by atoms with Gasteiger partial charge in [-0.25, -0.2) is 0 Å². The Morgan fingerprint density at radius 3 is 2.36 bits per heavy atom. The molecular weight excluding hydrogens is 344 g/mol. The summed E-state index contributed by atoms with van der Waals surface area (Å²) in [6.07, 6.45) is 1.16. The van der Waals surface area contributed by atoms with Gasteiger partial charge in [0, 0.05) is 21.9 Å². The minimum atomic E-state index is -0.463. The molecule has 0 spiro atoms. The molecule has 0 radical (unpaired) electrons. The second-order valence-electron chi connectivity index (χ2n) is 7.46. The van der Waals surface area contributed by atoms with Crippen LogP contribution >= 0.6 is 15.9 Å². The number of halogens is 1. The number of rotatable bonds is 1. The molecule has 1 saturated heterocycles. The SMILES string of the molecule is CC1(C)CC(=O)C(C)(C)c2cc(C3OCCCO3)c(Br)cc21. The Kier molecular flexibility index (Phi) is 3.99. The van der Waals surface area contributed by atoms with Crippen molar-refractivity contribution in [3.05, 3.63) is 33.3 Å². The van der Waals surface area contributed by atoms with Crippen LogP contribution < -0.4 is 0 Å². The first-order chi connectivity index (χ1) is 10.2. The van der Waals surface area contributed by atoms with Gasteiger partial charge < -0.3 is 9.47 Å². The number of ether oxygens (including phenoxy) is 2. The average molecular weight is 367 g/mol. The van der Waals surface area contributed by atoms with Gasteiger partial charge >= 0.3 is 0 Å². The van der Waals surface area contributed by atoms with Crippen molar-refractivity contribution in [2.24, 2.45) is 0 Å². The third-order valence-corrected chi connectivity index (χ3v) is 5.61. The third kappa shape index (κ3) is 2.55. The van der Waals surface area contributed by atoms with E-state index in [2.05, 4.69) is 41.9 Å². The van der Waals surface area contributed by atoms with Gasteiger partial charge in [-0.15, -0.1) is 0 Å². The standard InChI is InChI=1S/C18H23BrO3/c1-17(2)10-15(20)18(3,4)13-8-11(14(19)9-12(13)17)16-21-6-5-7-22-16/h8-9,16H,5-7,10H2,1-4H3. The van der Waals surface area contributed by atoms with E-state index >= 15 is 0 Å². The van der Waals surface area contributed by atoms with Gasteiger partial charge in [0.1, 0.15) is 5.78 Å². The summed E-state index contributed by atoms with van der Waals surface area (Å²) in [5.41, 5.74) is 2.72. The molecule has 120 valence electrons. The van der Waals surface area contributed by atoms with E-state index in [1.807, 2.05) is 13.8 Å². The van der Waals surface area contributed by atoms with Crippen LogP contribution in [-0.4, -0.2) is 19.0 Å². The Bertz CT molecular complexity index is 613. The maximum atomic E-state index is 12.6. The van der Waals surface area contributed by atoms with Crippen LogP contribution in [0.15, 0.2) is 16.6 Å². The van der Waals surface area contributed by atoms with Crippen LogP contribution in [0.5, 0.6) is 0 Å². The summed E-state index contributed by atoms with van der Waals surface area (Å²) in [5.74, 6) is 0.295. The smallest absolute Gasteiger partial charge is 0.184 e. The van der Waals surface area contributed by atoms with Crippen molar-refractivity contribution in [3.8, 4) is 0 Å². The molecule has 1 heterocycles. The number of fused-ring (bicyclic) bond motifs is 1. The number of carbonyl (C=O) groups is 1. The van der Waals surface area contributed by atoms with Crippen molar-refractivity contribution < 1.29 is 14.3 Å². The Labute approximate surface area is 140 Å². The van der Waals surface area contributed by atoms with Gasteiger partial charge in [0.05, 0.1) is 13.2 Å². The summed E-state index contributed by atoms with van der Waals surface area (Å²) in [4.78, 5) is 12.6. The van der Waals surface area contributed by atoms with Gasteiger partial charge in [-0.3, -0.25) is 4.79 Å². The van der Waals surface area contributed by atoms with E-state index in [0.29, 0.717) is 25.4 Å². The number of ketones is 1. The Hall–Kier alpha value is -0.710. The molecule has 0 N–H and O–H groups in total. The first-order valence-electron chi connectivity index (χ1n) is 7.84. The average Bonchev–Trinajstić information content (AvgIpc) is 2.46. The van der Waals surface area contributed by atoms with E-state index in [9.17, 15) is 4.79 Å². The van der Waals surface area contributed by atoms with E-state index in [0.717, 1.165) is 22.0 Å². The summed E-state index contributed by atoms with van der Waals surface area (Å²) >= 11 is 3.67. The van der Waals surface area contributed by atoms with Gasteiger partial charge in [0.2, 0.25) is 0 Å². The van der Waals surface area contributed by atoms with E-state index in [1.54, 1.807) is 0 Å². The number of hydrogen-bond acceptors (Lipinski definition) is 3. The fourth-order valence-corrected chi connectivity index (χ4v) is 3.91. The van der Waals surface area contributed by atoms with Gasteiger partial charge in [0.15, 0.2) is 6.29 Å². The molecule has 1 aromatic carbocycles. The molecule has 1 aliphatic heterocycles. The Morgan fingerprint density at radius 2 is 1.73 bits per heavy atom. The quantitative estimate of drug-likeness (QED) is 0.738. The monoisotopic (exact) mass is 366 g/mol. The molecule has 1 fully saturated rings. The van der Waals surface area contributed by atoms with Crippen LogP contribution in [0.2, 0.25) is 0 Å². The van der Waals surface area contributed by atoms with Gasteiger partial charge in [-0.05, 0) is 48.9 Å². The highest BCUT2D eigenvalue weighted by atomic mass is 79.9. The molecule has 0 aromatic heterocycles. The number of benzene rings is 1. The molecule has 1 aliphatic carbocycles. The van der Waals surface area contributed by atoms with Crippen LogP contribution in [0.3, 0.4) is 0 Å². The fourth-order valence-electron chi connectivity index (χ4n) is 3.38. The normalized spacial score (nSPS) is 24.1. The zero-order valence-electron chi connectivity index (χ0n) is 13.7. The topological polar surface area (TPSA) is 35.5 Å². The molecular formula is C18H23BrO3. The lowest BCUT2D eigenvalue weighted by molar-refractivity contribution is -0.183. The van der Waals surface area contributed by atoms with Crippen molar-refractivity contribution in [3.63, 3.8) is 0 Å². The lowest BCUT2D eigenvalue weighted by atomic mass is 9.62. The third-order valence-electron chi connectivity index (χ3n) is 4.92. The van der Waals surface area contributed by atoms with Gasteiger partial charge in [-0.1, -0.05) is 29.8 Å². The molecule has 3 rings (SSSR count). The molecule has 22 heavy (non-hydrogen) atoms. The molecule has 4 heteroatoms. The summed E-state index contributed by atoms with van der Waals surface area (Å²) in [6, 6.07) is 4.26. The zero-order chi connectivity index (χ0) is 16.1. The van der Waals surface area contributed by atoms with Crippen molar-refractivity contribution in [1.82, 2.24) is 0 Å². The number of hydrogen-bond donors (Lipinski definition) is 0. The van der Waals surface area contributed by atoms with Gasteiger partial charge in [-0.2, -0.15) is 0 Å². The molecule has 3 nitrogen and oxygen atoms in total. The molecule has 0 amide bonds. The van der Waals surface area contributed by atoms with Crippen LogP contribution in [0.1, 0.15) is 63.5 Å². The minimum absolute atomic E-state index is 0.142. The largest absolute Gasteiger partial charge is 0.348 e. The summed E-state index contributed by atoms with van der Waals surface area (Å²) in [5, 5.41) is 0. The van der Waals surface area contributed by atoms with Crippen molar-refractivity contribution >= 4 is 21.7 Å². The zero-order valence-corrected chi connectivity index (χ0v) is 15.2. The maximum absolute atomic E-state index is 12.6. The van der Waals surface area contributed by atoms with Crippen LogP contribution in [0, 0.1) is 0 Å². The first-order valence-corrected chi connectivity index (χ1v) is 8.64. The summed E-state index contributed by atoms with van der Waals surface area (Å²) in [7, 11) is 0. The lowest BCUT2D eigenvalue weighted by Gasteiger charge is -2.41. The van der Waals surface area contributed by atoms with Crippen molar-refractivity contribution in [2.75, 3.05) is 13.2 Å². The second kappa shape index (κ2) is 5.43. The minimum Gasteiger partial charge on any atom is -0.348 e. The second-order valence-corrected chi connectivity index (χ2v) is 8.31. The molecule has 0 bridgehead atoms. The predicted molar refractivity (Wildman–Crippen MR) is 89.1 cm³/mol. The summed E-state index contributed by atoms with van der Waals surface area (Å²) < 4.78 is 12.5. The summed E-state index contributed by atoms with van der Waals surface area (Å²) in [6.45, 7) is 9.73. The van der Waals surface area contributed by atoms with E-state index in [4.69, 9.17) is 9.47 Å². The molecule has 2 aliphatic rings. The molecule has 0 unspecified atom stereocenters. The van der Waals surface area contributed by atoms with Crippen molar-refractivity contribution in [2.45, 2.75) is 57.7 Å². The molecule has 1 aromatic rings. The number of Topliss-reactive ketones (excluding diaryl/α,β-unsaturated/α-hetero) is 1. The lowest BCUT2D eigenvalue weighted by Crippen LogP contribution is -2.42. The van der Waals surface area contributed by atoms with E-state index < -0.39 is 5.41 Å². The van der Waals surface area contributed by atoms with E-state index in [-0.39, 0.29) is 11.7 Å². The Balaban J connectivity index is 2.14.